The van der Waals surface area contributed by atoms with Crippen molar-refractivity contribution in [3.05, 3.63) is 82.2 Å². The molecule has 2 aromatic carbocycles. The fraction of sp³-hybridized carbons (Fsp3) is 0.0526. The number of benzene rings is 2. The van der Waals surface area contributed by atoms with Gasteiger partial charge in [0.15, 0.2) is 5.43 Å². The third-order valence-corrected chi connectivity index (χ3v) is 4.73. The Bertz CT molecular complexity index is 1020. The van der Waals surface area contributed by atoms with E-state index in [2.05, 4.69) is 47.4 Å². The van der Waals surface area contributed by atoms with E-state index < -0.39 is 0 Å². The molecule has 0 unspecified atom stereocenters. The molecule has 112 valence electrons. The van der Waals surface area contributed by atoms with E-state index in [1.165, 1.54) is 15.8 Å². The molecule has 0 spiro atoms. The summed E-state index contributed by atoms with van der Waals surface area (Å²) in [4.78, 5) is 15.7. The number of nitrogens with zero attached hydrogens (tertiary/aromatic N) is 2. The molecule has 2 aromatic heterocycles. The van der Waals surface area contributed by atoms with Crippen LogP contribution in [0.1, 0.15) is 5.01 Å². The highest BCUT2D eigenvalue weighted by Gasteiger charge is 2.04. The van der Waals surface area contributed by atoms with Gasteiger partial charge in [-0.3, -0.25) is 4.79 Å². The first-order chi connectivity index (χ1) is 11.2. The van der Waals surface area contributed by atoms with Crippen molar-refractivity contribution in [2.75, 3.05) is 0 Å². The lowest BCUT2D eigenvalue weighted by Crippen LogP contribution is -2.01. The third kappa shape index (κ3) is 2.69. The molecule has 0 saturated carbocycles. The minimum atomic E-state index is 0.0195. The van der Waals surface area contributed by atoms with Crippen molar-refractivity contribution in [2.24, 2.45) is 0 Å². The standard InChI is InChI=1S/C19H14N2OS/c1-13-20-18-7-4-15(12-19(18)23-13)14-2-5-16(6-3-14)21-10-8-17(22)9-11-21/h2-12H,1H3. The zero-order valence-electron chi connectivity index (χ0n) is 12.6. The van der Waals surface area contributed by atoms with Crippen molar-refractivity contribution >= 4 is 21.6 Å². The smallest absolute Gasteiger partial charge is 0.181 e. The van der Waals surface area contributed by atoms with Crippen LogP contribution >= 0.6 is 11.3 Å². The van der Waals surface area contributed by atoms with Gasteiger partial charge < -0.3 is 4.57 Å². The average Bonchev–Trinajstić information content (AvgIpc) is 2.95. The van der Waals surface area contributed by atoms with Crippen LogP contribution in [0.3, 0.4) is 0 Å². The highest BCUT2D eigenvalue weighted by Crippen LogP contribution is 2.28. The van der Waals surface area contributed by atoms with Gasteiger partial charge in [0.05, 0.1) is 15.2 Å². The number of fused-ring (bicyclic) bond motifs is 1. The molecule has 4 heteroatoms. The number of aromatic nitrogens is 2. The first-order valence-corrected chi connectivity index (χ1v) is 8.17. The second-order valence-electron chi connectivity index (χ2n) is 5.40. The molecular weight excluding hydrogens is 304 g/mol. The molecule has 4 aromatic rings. The Hall–Kier alpha value is -2.72. The summed E-state index contributed by atoms with van der Waals surface area (Å²) in [7, 11) is 0. The molecule has 0 radical (unpaired) electrons. The summed E-state index contributed by atoms with van der Waals surface area (Å²) in [5.41, 5.74) is 4.46. The van der Waals surface area contributed by atoms with Crippen molar-refractivity contribution in [3.8, 4) is 16.8 Å². The molecular formula is C19H14N2OS. The van der Waals surface area contributed by atoms with Crippen LogP contribution in [0.25, 0.3) is 27.0 Å². The van der Waals surface area contributed by atoms with Crippen LogP contribution in [-0.4, -0.2) is 9.55 Å². The van der Waals surface area contributed by atoms with E-state index in [4.69, 9.17) is 0 Å². The topological polar surface area (TPSA) is 34.9 Å². The van der Waals surface area contributed by atoms with Crippen LogP contribution in [0.4, 0.5) is 0 Å². The van der Waals surface area contributed by atoms with Gasteiger partial charge in [0.2, 0.25) is 0 Å². The highest BCUT2D eigenvalue weighted by molar-refractivity contribution is 7.18. The first-order valence-electron chi connectivity index (χ1n) is 7.35. The SMILES string of the molecule is Cc1nc2ccc(-c3ccc(-n4ccc(=O)cc4)cc3)cc2s1. The van der Waals surface area contributed by atoms with Crippen LogP contribution in [0.2, 0.25) is 0 Å². The van der Waals surface area contributed by atoms with Crippen LogP contribution in [-0.2, 0) is 0 Å². The van der Waals surface area contributed by atoms with Gasteiger partial charge in [0.1, 0.15) is 0 Å². The van der Waals surface area contributed by atoms with E-state index in [-0.39, 0.29) is 5.43 Å². The summed E-state index contributed by atoms with van der Waals surface area (Å²) in [5.74, 6) is 0. The van der Waals surface area contributed by atoms with Gasteiger partial charge in [0.25, 0.3) is 0 Å². The lowest BCUT2D eigenvalue weighted by Gasteiger charge is -2.07. The molecule has 0 atom stereocenters. The Morgan fingerprint density at radius 2 is 1.61 bits per heavy atom. The predicted molar refractivity (Wildman–Crippen MR) is 95.4 cm³/mol. The van der Waals surface area contributed by atoms with Gasteiger partial charge in [-0.15, -0.1) is 11.3 Å². The van der Waals surface area contributed by atoms with Gasteiger partial charge in [-0.2, -0.15) is 0 Å². The number of rotatable bonds is 2. The average molecular weight is 318 g/mol. The molecule has 3 nitrogen and oxygen atoms in total. The maximum absolute atomic E-state index is 11.2. The molecule has 0 aliphatic rings. The normalized spacial score (nSPS) is 11.0. The summed E-state index contributed by atoms with van der Waals surface area (Å²) >= 11 is 1.72. The van der Waals surface area contributed by atoms with Crippen molar-refractivity contribution in [1.29, 1.82) is 0 Å². The van der Waals surface area contributed by atoms with Crippen LogP contribution in [0.5, 0.6) is 0 Å². The van der Waals surface area contributed by atoms with Crippen molar-refractivity contribution < 1.29 is 0 Å². The molecule has 0 amide bonds. The van der Waals surface area contributed by atoms with Gasteiger partial charge in [-0.1, -0.05) is 18.2 Å². The van der Waals surface area contributed by atoms with Crippen LogP contribution in [0, 0.1) is 6.92 Å². The molecule has 4 rings (SSSR count). The van der Waals surface area contributed by atoms with E-state index in [9.17, 15) is 4.79 Å². The minimum Gasteiger partial charge on any atom is -0.324 e. The zero-order chi connectivity index (χ0) is 15.8. The molecule has 23 heavy (non-hydrogen) atoms. The van der Waals surface area contributed by atoms with Gasteiger partial charge in [0, 0.05) is 30.2 Å². The Morgan fingerprint density at radius 3 is 2.35 bits per heavy atom. The molecule has 0 fully saturated rings. The Labute approximate surface area is 137 Å². The number of thiazole rings is 1. The molecule has 2 heterocycles. The molecule has 0 bridgehead atoms. The first kappa shape index (κ1) is 13.9. The monoisotopic (exact) mass is 318 g/mol. The van der Waals surface area contributed by atoms with E-state index in [0.717, 1.165) is 16.2 Å². The summed E-state index contributed by atoms with van der Waals surface area (Å²) in [6, 6.07) is 17.8. The summed E-state index contributed by atoms with van der Waals surface area (Å²) in [6.45, 7) is 2.03. The second-order valence-corrected chi connectivity index (χ2v) is 6.64. The minimum absolute atomic E-state index is 0.0195. The lowest BCUT2D eigenvalue weighted by molar-refractivity contribution is 1.04. The highest BCUT2D eigenvalue weighted by atomic mass is 32.1. The maximum atomic E-state index is 11.2. The van der Waals surface area contributed by atoms with E-state index in [1.807, 2.05) is 11.5 Å². The lowest BCUT2D eigenvalue weighted by atomic mass is 10.1. The van der Waals surface area contributed by atoms with Crippen LogP contribution < -0.4 is 5.43 Å². The Morgan fingerprint density at radius 1 is 0.913 bits per heavy atom. The maximum Gasteiger partial charge on any atom is 0.181 e. The number of pyridine rings is 1. The Balaban J connectivity index is 1.71. The quantitative estimate of drug-likeness (QED) is 0.548. The van der Waals surface area contributed by atoms with Crippen molar-refractivity contribution in [3.63, 3.8) is 0 Å². The van der Waals surface area contributed by atoms with E-state index in [0.29, 0.717) is 0 Å². The molecule has 0 aliphatic carbocycles. The fourth-order valence-electron chi connectivity index (χ4n) is 2.63. The van der Waals surface area contributed by atoms with Crippen molar-refractivity contribution in [2.45, 2.75) is 6.92 Å². The number of hydrogen-bond acceptors (Lipinski definition) is 3. The van der Waals surface area contributed by atoms with E-state index >= 15 is 0 Å². The van der Waals surface area contributed by atoms with Crippen LogP contribution in [0.15, 0.2) is 71.8 Å². The number of hydrogen-bond donors (Lipinski definition) is 0. The molecule has 0 aliphatic heterocycles. The fourth-order valence-corrected chi connectivity index (χ4v) is 3.50. The zero-order valence-corrected chi connectivity index (χ0v) is 13.4. The third-order valence-electron chi connectivity index (χ3n) is 3.79. The van der Waals surface area contributed by atoms with Gasteiger partial charge >= 0.3 is 0 Å². The Kier molecular flexibility index (Phi) is 3.32. The molecule has 0 N–H and O–H groups in total. The summed E-state index contributed by atoms with van der Waals surface area (Å²) < 4.78 is 3.14. The van der Waals surface area contributed by atoms with Crippen molar-refractivity contribution in [1.82, 2.24) is 9.55 Å². The second kappa shape index (κ2) is 5.48. The largest absolute Gasteiger partial charge is 0.324 e. The molecule has 0 saturated heterocycles. The van der Waals surface area contributed by atoms with Gasteiger partial charge in [-0.05, 0) is 42.3 Å². The predicted octanol–water partition coefficient (Wildman–Crippen LogP) is 4.42. The van der Waals surface area contributed by atoms with E-state index in [1.54, 1.807) is 35.9 Å². The number of aryl methyl sites for hydroxylation is 1. The van der Waals surface area contributed by atoms with Gasteiger partial charge in [-0.25, -0.2) is 4.98 Å². The summed E-state index contributed by atoms with van der Waals surface area (Å²) in [5, 5.41) is 1.09. The summed E-state index contributed by atoms with van der Waals surface area (Å²) in [6.07, 6.45) is 3.56.